The van der Waals surface area contributed by atoms with Gasteiger partial charge >= 0.3 is 0 Å². The maximum absolute atomic E-state index is 13.0. The molecule has 2 rings (SSSR count). The molecule has 3 nitrogen and oxygen atoms in total. The maximum Gasteiger partial charge on any atom is 0.123 e. The standard InChI is InChI=1S/C17H28FN3/c1-3-17(2,21-11-5-4-6-12-21)16(20-19)13-14-7-9-15(18)10-8-14/h7-10,16,20H,3-6,11-13,19H2,1-2H3. The third-order valence-corrected chi connectivity index (χ3v) is 5.10. The fourth-order valence-electron chi connectivity index (χ4n) is 3.41. The van der Waals surface area contributed by atoms with Gasteiger partial charge < -0.3 is 0 Å². The van der Waals surface area contributed by atoms with E-state index < -0.39 is 0 Å². The Balaban J connectivity index is 2.13. The van der Waals surface area contributed by atoms with Crippen LogP contribution in [0.4, 0.5) is 4.39 Å². The lowest BCUT2D eigenvalue weighted by Gasteiger charge is -2.48. The van der Waals surface area contributed by atoms with Crippen LogP contribution in [0.5, 0.6) is 0 Å². The Hall–Kier alpha value is -0.970. The zero-order chi connectivity index (χ0) is 15.3. The first kappa shape index (κ1) is 16.4. The third kappa shape index (κ3) is 3.82. The van der Waals surface area contributed by atoms with Crippen LogP contribution in [-0.4, -0.2) is 29.6 Å². The Kier molecular flexibility index (Phi) is 5.73. The van der Waals surface area contributed by atoms with E-state index >= 15 is 0 Å². The van der Waals surface area contributed by atoms with Gasteiger partial charge in [0.15, 0.2) is 0 Å². The van der Waals surface area contributed by atoms with E-state index in [4.69, 9.17) is 5.84 Å². The molecule has 0 aliphatic carbocycles. The van der Waals surface area contributed by atoms with Crippen molar-refractivity contribution >= 4 is 0 Å². The van der Waals surface area contributed by atoms with Gasteiger partial charge in [-0.3, -0.25) is 16.2 Å². The molecule has 1 aromatic rings. The molecule has 2 unspecified atom stereocenters. The van der Waals surface area contributed by atoms with Crippen LogP contribution >= 0.6 is 0 Å². The predicted octanol–water partition coefficient (Wildman–Crippen LogP) is 2.85. The number of nitrogens with one attached hydrogen (secondary N) is 1. The summed E-state index contributed by atoms with van der Waals surface area (Å²) in [5, 5.41) is 0. The maximum atomic E-state index is 13.0. The minimum Gasteiger partial charge on any atom is -0.296 e. The summed E-state index contributed by atoms with van der Waals surface area (Å²) in [5.74, 6) is 5.68. The Morgan fingerprint density at radius 2 is 1.86 bits per heavy atom. The average Bonchev–Trinajstić information content (AvgIpc) is 2.54. The van der Waals surface area contributed by atoms with E-state index in [1.165, 1.54) is 31.4 Å². The molecule has 1 heterocycles. The Bertz CT molecular complexity index is 428. The lowest BCUT2D eigenvalue weighted by atomic mass is 9.82. The normalized spacial score (nSPS) is 21.0. The Morgan fingerprint density at radius 1 is 1.24 bits per heavy atom. The van der Waals surface area contributed by atoms with Gasteiger partial charge in [0.2, 0.25) is 0 Å². The van der Waals surface area contributed by atoms with Crippen LogP contribution in [-0.2, 0) is 6.42 Å². The Morgan fingerprint density at radius 3 is 2.38 bits per heavy atom. The van der Waals surface area contributed by atoms with Gasteiger partial charge in [-0.1, -0.05) is 25.5 Å². The zero-order valence-electron chi connectivity index (χ0n) is 13.2. The summed E-state index contributed by atoms with van der Waals surface area (Å²) in [5.41, 5.74) is 4.17. The largest absolute Gasteiger partial charge is 0.296 e. The van der Waals surface area contributed by atoms with Crippen molar-refractivity contribution in [2.45, 2.75) is 57.5 Å². The van der Waals surface area contributed by atoms with E-state index in [9.17, 15) is 4.39 Å². The highest BCUT2D eigenvalue weighted by Gasteiger charge is 2.38. The first-order valence-corrected chi connectivity index (χ1v) is 8.05. The highest BCUT2D eigenvalue weighted by Crippen LogP contribution is 2.29. The van der Waals surface area contributed by atoms with Crippen molar-refractivity contribution < 1.29 is 4.39 Å². The third-order valence-electron chi connectivity index (χ3n) is 5.10. The molecule has 1 saturated heterocycles. The molecule has 1 aliphatic heterocycles. The molecule has 4 heteroatoms. The van der Waals surface area contributed by atoms with Crippen LogP contribution in [0.1, 0.15) is 45.1 Å². The van der Waals surface area contributed by atoms with Crippen LogP contribution in [0.25, 0.3) is 0 Å². The summed E-state index contributed by atoms with van der Waals surface area (Å²) in [4.78, 5) is 2.57. The van der Waals surface area contributed by atoms with Crippen molar-refractivity contribution in [3.63, 3.8) is 0 Å². The summed E-state index contributed by atoms with van der Waals surface area (Å²) in [6.07, 6.45) is 5.72. The molecule has 3 N–H and O–H groups in total. The molecule has 118 valence electrons. The molecule has 0 aromatic heterocycles. The van der Waals surface area contributed by atoms with E-state index in [1.807, 2.05) is 12.1 Å². The smallest absolute Gasteiger partial charge is 0.123 e. The SMILES string of the molecule is CCC(C)(C(Cc1ccc(F)cc1)NN)N1CCCCC1. The molecule has 21 heavy (non-hydrogen) atoms. The van der Waals surface area contributed by atoms with Crippen LogP contribution in [0, 0.1) is 5.82 Å². The topological polar surface area (TPSA) is 41.3 Å². The van der Waals surface area contributed by atoms with Gasteiger partial charge in [0.1, 0.15) is 5.82 Å². The van der Waals surface area contributed by atoms with Crippen molar-refractivity contribution in [3.05, 3.63) is 35.6 Å². The number of rotatable bonds is 6. The van der Waals surface area contributed by atoms with Crippen molar-refractivity contribution in [1.29, 1.82) is 0 Å². The van der Waals surface area contributed by atoms with Crippen molar-refractivity contribution in [2.24, 2.45) is 5.84 Å². The summed E-state index contributed by atoms with van der Waals surface area (Å²) in [6, 6.07) is 6.91. The zero-order valence-corrected chi connectivity index (χ0v) is 13.2. The monoisotopic (exact) mass is 293 g/mol. The van der Waals surface area contributed by atoms with E-state index in [2.05, 4.69) is 24.2 Å². The second kappa shape index (κ2) is 7.34. The highest BCUT2D eigenvalue weighted by atomic mass is 19.1. The molecule has 0 saturated carbocycles. The van der Waals surface area contributed by atoms with Gasteiger partial charge in [0.05, 0.1) is 0 Å². The van der Waals surface area contributed by atoms with Gasteiger partial charge in [0.25, 0.3) is 0 Å². The molecule has 0 bridgehead atoms. The number of likely N-dealkylation sites (tertiary alicyclic amines) is 1. The number of halogens is 1. The second-order valence-electron chi connectivity index (χ2n) is 6.31. The van der Waals surface area contributed by atoms with E-state index in [1.54, 1.807) is 0 Å². The van der Waals surface area contributed by atoms with Gasteiger partial charge in [0, 0.05) is 11.6 Å². The molecule has 0 radical (unpaired) electrons. The van der Waals surface area contributed by atoms with Crippen molar-refractivity contribution in [2.75, 3.05) is 13.1 Å². The average molecular weight is 293 g/mol. The van der Waals surface area contributed by atoms with Crippen LogP contribution in [0.15, 0.2) is 24.3 Å². The number of hydrazine groups is 1. The number of nitrogens with two attached hydrogens (primary N) is 1. The van der Waals surface area contributed by atoms with Crippen LogP contribution in [0.2, 0.25) is 0 Å². The molecular formula is C17H28FN3. The van der Waals surface area contributed by atoms with Gasteiger partial charge in [-0.05, 0) is 63.4 Å². The van der Waals surface area contributed by atoms with Gasteiger partial charge in [-0.2, -0.15) is 0 Å². The summed E-state index contributed by atoms with van der Waals surface area (Å²) < 4.78 is 13.0. The fourth-order valence-corrected chi connectivity index (χ4v) is 3.41. The number of piperidine rings is 1. The summed E-state index contributed by atoms with van der Waals surface area (Å²) >= 11 is 0. The van der Waals surface area contributed by atoms with Crippen molar-refractivity contribution in [3.8, 4) is 0 Å². The molecule has 0 spiro atoms. The predicted molar refractivity (Wildman–Crippen MR) is 85.3 cm³/mol. The van der Waals surface area contributed by atoms with E-state index in [0.717, 1.165) is 31.5 Å². The number of benzene rings is 1. The highest BCUT2D eigenvalue weighted by molar-refractivity contribution is 5.18. The molecule has 0 amide bonds. The molecule has 1 aliphatic rings. The minimum atomic E-state index is -0.190. The minimum absolute atomic E-state index is 0.0313. The first-order valence-electron chi connectivity index (χ1n) is 8.05. The number of hydrogen-bond donors (Lipinski definition) is 2. The Labute approximate surface area is 127 Å². The first-order chi connectivity index (χ1) is 10.1. The summed E-state index contributed by atoms with van der Waals surface area (Å²) in [7, 11) is 0. The summed E-state index contributed by atoms with van der Waals surface area (Å²) in [6.45, 7) is 6.81. The number of nitrogens with zero attached hydrogens (tertiary/aromatic N) is 1. The van der Waals surface area contributed by atoms with Gasteiger partial charge in [-0.15, -0.1) is 0 Å². The quantitative estimate of drug-likeness (QED) is 0.626. The van der Waals surface area contributed by atoms with E-state index in [0.29, 0.717) is 0 Å². The van der Waals surface area contributed by atoms with Crippen LogP contribution < -0.4 is 11.3 Å². The van der Waals surface area contributed by atoms with Gasteiger partial charge in [-0.25, -0.2) is 4.39 Å². The lowest BCUT2D eigenvalue weighted by molar-refractivity contribution is 0.0429. The lowest BCUT2D eigenvalue weighted by Crippen LogP contribution is -2.62. The van der Waals surface area contributed by atoms with Crippen LogP contribution in [0.3, 0.4) is 0 Å². The second-order valence-corrected chi connectivity index (χ2v) is 6.31. The number of hydrogen-bond acceptors (Lipinski definition) is 3. The molecule has 2 atom stereocenters. The van der Waals surface area contributed by atoms with Crippen molar-refractivity contribution in [1.82, 2.24) is 10.3 Å². The molecule has 1 fully saturated rings. The van der Waals surface area contributed by atoms with E-state index in [-0.39, 0.29) is 17.4 Å². The fraction of sp³-hybridized carbons (Fsp3) is 0.647. The molecule has 1 aromatic carbocycles. The molecular weight excluding hydrogens is 265 g/mol.